The van der Waals surface area contributed by atoms with Crippen LogP contribution in [0.5, 0.6) is 0 Å². The van der Waals surface area contributed by atoms with Gasteiger partial charge in [0.25, 0.3) is 0 Å². The summed E-state index contributed by atoms with van der Waals surface area (Å²) in [5, 5.41) is 0. The fourth-order valence-electron chi connectivity index (χ4n) is 3.93. The smallest absolute Gasteiger partial charge is 0.0568 e. The van der Waals surface area contributed by atoms with Crippen LogP contribution in [0, 0.1) is 0 Å². The lowest BCUT2D eigenvalue weighted by Crippen LogP contribution is -2.41. The maximum absolute atomic E-state index is 5.76. The summed E-state index contributed by atoms with van der Waals surface area (Å²) in [5.41, 5.74) is 5.76. The summed E-state index contributed by atoms with van der Waals surface area (Å²) in [6.45, 7) is 13.1. The number of nitrogens with two attached hydrogens (primary N) is 1. The minimum Gasteiger partial charge on any atom is -0.316 e. The monoisotopic (exact) mass is 412 g/mol. The molecule has 1 unspecified atom stereocenters. The van der Waals surface area contributed by atoms with Crippen LogP contribution in [-0.4, -0.2) is 24.2 Å². The van der Waals surface area contributed by atoms with Gasteiger partial charge in [-0.2, -0.15) is 0 Å². The van der Waals surface area contributed by atoms with Crippen molar-refractivity contribution in [2.75, 3.05) is 13.1 Å². The third kappa shape index (κ3) is 25.9. The van der Waals surface area contributed by atoms with Gasteiger partial charge in [0.2, 0.25) is 0 Å². The first kappa shape index (κ1) is 31.1. The average molecular weight is 413 g/mol. The predicted molar refractivity (Wildman–Crippen MR) is 136 cm³/mol. The van der Waals surface area contributed by atoms with Crippen molar-refractivity contribution >= 4 is 0 Å². The van der Waals surface area contributed by atoms with Gasteiger partial charge in [0.05, 0.1) is 6.17 Å². The van der Waals surface area contributed by atoms with E-state index in [2.05, 4.69) is 39.5 Å². The zero-order chi connectivity index (χ0) is 22.0. The van der Waals surface area contributed by atoms with Crippen molar-refractivity contribution in [3.8, 4) is 0 Å². The van der Waals surface area contributed by atoms with E-state index in [0.717, 1.165) is 19.5 Å². The number of hydrogen-bond donors (Lipinski definition) is 1. The molecule has 2 heteroatoms. The van der Waals surface area contributed by atoms with Crippen molar-refractivity contribution in [3.63, 3.8) is 0 Å². The fourth-order valence-corrected chi connectivity index (χ4v) is 3.93. The Bertz CT molecular complexity index is 245. The maximum atomic E-state index is 5.76. The number of rotatable bonds is 21. The Balaban J connectivity index is 0. The average Bonchev–Trinajstić information content (AvgIpc) is 2.74. The summed E-state index contributed by atoms with van der Waals surface area (Å²) < 4.78 is 0. The molecular weight excluding hydrogens is 352 g/mol. The second kappa shape index (κ2) is 27.9. The Kier molecular flexibility index (Phi) is 29.9. The van der Waals surface area contributed by atoms with Gasteiger partial charge >= 0.3 is 0 Å². The Morgan fingerprint density at radius 1 is 0.448 bits per heavy atom. The van der Waals surface area contributed by atoms with Crippen LogP contribution in [0.15, 0.2) is 0 Å². The minimum absolute atomic E-state index is 0.264. The molecule has 0 saturated heterocycles. The van der Waals surface area contributed by atoms with E-state index in [9.17, 15) is 0 Å². The van der Waals surface area contributed by atoms with Gasteiger partial charge in [0, 0.05) is 0 Å². The van der Waals surface area contributed by atoms with Gasteiger partial charge in [0.1, 0.15) is 0 Å². The van der Waals surface area contributed by atoms with Crippen LogP contribution in [0.2, 0.25) is 0 Å². The Labute approximate surface area is 186 Å². The highest BCUT2D eigenvalue weighted by Crippen LogP contribution is 2.14. The van der Waals surface area contributed by atoms with Crippen LogP contribution in [0.4, 0.5) is 0 Å². The van der Waals surface area contributed by atoms with Gasteiger partial charge in [-0.1, -0.05) is 150 Å². The summed E-state index contributed by atoms with van der Waals surface area (Å²) >= 11 is 0. The van der Waals surface area contributed by atoms with Crippen LogP contribution >= 0.6 is 0 Å². The van der Waals surface area contributed by atoms with Crippen molar-refractivity contribution in [1.29, 1.82) is 0 Å². The van der Waals surface area contributed by atoms with E-state index in [1.165, 1.54) is 116 Å². The maximum Gasteiger partial charge on any atom is 0.0568 e. The van der Waals surface area contributed by atoms with Gasteiger partial charge in [-0.15, -0.1) is 0 Å². The van der Waals surface area contributed by atoms with E-state index in [1.54, 1.807) is 0 Å². The quantitative estimate of drug-likeness (QED) is 0.150. The molecule has 0 aromatic heterocycles. The normalized spacial score (nSPS) is 12.1. The first-order valence-electron chi connectivity index (χ1n) is 13.7. The summed E-state index contributed by atoms with van der Waals surface area (Å²) in [6.07, 6.45) is 27.7. The van der Waals surface area contributed by atoms with Crippen LogP contribution in [-0.2, 0) is 0 Å². The summed E-state index contributed by atoms with van der Waals surface area (Å²) in [4.78, 5) is 2.25. The van der Waals surface area contributed by atoms with Crippen molar-refractivity contribution < 1.29 is 0 Å². The lowest BCUT2D eigenvalue weighted by Gasteiger charge is -2.24. The van der Waals surface area contributed by atoms with Gasteiger partial charge in [-0.3, -0.25) is 4.90 Å². The summed E-state index contributed by atoms with van der Waals surface area (Å²) in [5.74, 6) is 0. The molecule has 0 amide bonds. The molecule has 29 heavy (non-hydrogen) atoms. The third-order valence-electron chi connectivity index (χ3n) is 6.16. The van der Waals surface area contributed by atoms with Crippen molar-refractivity contribution in [2.24, 2.45) is 5.73 Å². The molecule has 2 nitrogen and oxygen atoms in total. The van der Waals surface area contributed by atoms with E-state index in [0.29, 0.717) is 0 Å². The van der Waals surface area contributed by atoms with E-state index >= 15 is 0 Å². The third-order valence-corrected chi connectivity index (χ3v) is 6.16. The van der Waals surface area contributed by atoms with E-state index in [-0.39, 0.29) is 6.17 Å². The molecule has 0 rings (SSSR count). The molecule has 0 fully saturated rings. The lowest BCUT2D eigenvalue weighted by molar-refractivity contribution is 0.216. The molecule has 0 saturated carbocycles. The van der Waals surface area contributed by atoms with Crippen LogP contribution in [0.25, 0.3) is 0 Å². The standard InChI is InChI=1S/C20H42.C7H18N2/c1-3-5-7-9-11-13-15-17-19-20-18-16-14-12-10-8-6-4-2;1-4-7(8)9(5-2)6-3/h3-20H2,1-2H3;7H,4-6,8H2,1-3H3. The number of unbranched alkanes of at least 4 members (excludes halogenated alkanes) is 17. The van der Waals surface area contributed by atoms with Gasteiger partial charge in [0.15, 0.2) is 0 Å². The fraction of sp³-hybridized carbons (Fsp3) is 1.00. The Morgan fingerprint density at radius 3 is 0.828 bits per heavy atom. The molecule has 0 aliphatic carbocycles. The second-order valence-corrected chi connectivity index (χ2v) is 8.85. The highest BCUT2D eigenvalue weighted by atomic mass is 15.2. The molecule has 178 valence electrons. The molecule has 0 aromatic carbocycles. The minimum atomic E-state index is 0.264. The first-order valence-corrected chi connectivity index (χ1v) is 13.7. The molecule has 0 heterocycles. The number of nitrogens with zero attached hydrogens (tertiary/aromatic N) is 1. The highest BCUT2D eigenvalue weighted by Gasteiger charge is 2.05. The molecule has 2 N–H and O–H groups in total. The zero-order valence-electron chi connectivity index (χ0n) is 21.5. The largest absolute Gasteiger partial charge is 0.316 e. The molecule has 0 aliphatic heterocycles. The molecular formula is C27H60N2. The van der Waals surface area contributed by atoms with Crippen molar-refractivity contribution in [2.45, 2.75) is 163 Å². The molecule has 0 aromatic rings. The molecule has 0 radical (unpaired) electrons. The summed E-state index contributed by atoms with van der Waals surface area (Å²) in [6, 6.07) is 0. The van der Waals surface area contributed by atoms with Gasteiger partial charge < -0.3 is 5.73 Å². The van der Waals surface area contributed by atoms with Crippen molar-refractivity contribution in [1.82, 2.24) is 4.90 Å². The number of hydrogen-bond acceptors (Lipinski definition) is 2. The first-order chi connectivity index (χ1) is 14.2. The molecule has 0 bridgehead atoms. The Morgan fingerprint density at radius 2 is 0.690 bits per heavy atom. The highest BCUT2D eigenvalue weighted by molar-refractivity contribution is 4.59. The molecule has 0 aliphatic rings. The Hall–Kier alpha value is -0.0800. The SMILES string of the molecule is CCC(N)N(CC)CC.CCCCCCCCCCCCCCCCCCCC. The van der Waals surface area contributed by atoms with Crippen LogP contribution < -0.4 is 5.73 Å². The van der Waals surface area contributed by atoms with Gasteiger partial charge in [-0.25, -0.2) is 0 Å². The lowest BCUT2D eigenvalue weighted by atomic mass is 10.0. The van der Waals surface area contributed by atoms with Crippen LogP contribution in [0.3, 0.4) is 0 Å². The van der Waals surface area contributed by atoms with Gasteiger partial charge in [-0.05, 0) is 19.5 Å². The zero-order valence-corrected chi connectivity index (χ0v) is 21.5. The van der Waals surface area contributed by atoms with Crippen LogP contribution in [0.1, 0.15) is 157 Å². The van der Waals surface area contributed by atoms with E-state index in [4.69, 9.17) is 5.73 Å². The topological polar surface area (TPSA) is 29.3 Å². The van der Waals surface area contributed by atoms with E-state index < -0.39 is 0 Å². The second-order valence-electron chi connectivity index (χ2n) is 8.85. The molecule has 1 atom stereocenters. The predicted octanol–water partition coefficient (Wildman–Crippen LogP) is 9.07. The summed E-state index contributed by atoms with van der Waals surface area (Å²) in [7, 11) is 0. The van der Waals surface area contributed by atoms with Crippen molar-refractivity contribution in [3.05, 3.63) is 0 Å². The molecule has 0 spiro atoms. The van der Waals surface area contributed by atoms with E-state index in [1.807, 2.05) is 0 Å².